The predicted octanol–water partition coefficient (Wildman–Crippen LogP) is 5.40. The number of amides is 1. The van der Waals surface area contributed by atoms with Gasteiger partial charge in [0, 0.05) is 16.4 Å². The van der Waals surface area contributed by atoms with Gasteiger partial charge < -0.3 is 10.6 Å². The van der Waals surface area contributed by atoms with Crippen molar-refractivity contribution in [2.24, 2.45) is 0 Å². The van der Waals surface area contributed by atoms with Gasteiger partial charge in [-0.3, -0.25) is 4.79 Å². The molecule has 5 nitrogen and oxygen atoms in total. The normalized spacial score (nSPS) is 10.5. The summed E-state index contributed by atoms with van der Waals surface area (Å²) in [4.78, 5) is 21.2. The van der Waals surface area contributed by atoms with Gasteiger partial charge in [0.1, 0.15) is 5.69 Å². The Morgan fingerprint density at radius 2 is 1.73 bits per heavy atom. The highest BCUT2D eigenvalue weighted by atomic mass is 35.5. The first-order valence-electron chi connectivity index (χ1n) is 7.87. The number of aromatic nitrogens is 2. The van der Waals surface area contributed by atoms with E-state index >= 15 is 0 Å². The molecule has 0 aliphatic heterocycles. The van der Waals surface area contributed by atoms with E-state index in [9.17, 15) is 4.79 Å². The molecule has 132 valence electrons. The smallest absolute Gasteiger partial charge is 0.274 e. The van der Waals surface area contributed by atoms with Crippen LogP contribution >= 0.6 is 23.2 Å². The molecule has 3 aromatic rings. The molecule has 0 bridgehead atoms. The lowest BCUT2D eigenvalue weighted by atomic mass is 10.2. The number of para-hydroxylation sites is 1. The fourth-order valence-electron chi connectivity index (χ4n) is 2.35. The number of anilines is 3. The molecule has 0 fully saturated rings. The molecule has 0 unspecified atom stereocenters. The number of nitrogens with one attached hydrogen (secondary N) is 2. The van der Waals surface area contributed by atoms with E-state index in [4.69, 9.17) is 23.2 Å². The third-order valence-electron chi connectivity index (χ3n) is 3.66. The maximum absolute atomic E-state index is 12.6. The van der Waals surface area contributed by atoms with E-state index in [0.717, 1.165) is 11.3 Å². The van der Waals surface area contributed by atoms with E-state index in [1.54, 1.807) is 31.2 Å². The van der Waals surface area contributed by atoms with Gasteiger partial charge in [-0.05, 0) is 49.7 Å². The third kappa shape index (κ3) is 4.31. The fraction of sp³-hybridized carbons (Fsp3) is 0.105. The van der Waals surface area contributed by atoms with Crippen LogP contribution in [0.1, 0.15) is 21.7 Å². The number of carbonyl (C=O) groups excluding carboxylic acids is 1. The molecule has 7 heteroatoms. The Bertz CT molecular complexity index is 976. The van der Waals surface area contributed by atoms with Gasteiger partial charge in [-0.15, -0.1) is 0 Å². The van der Waals surface area contributed by atoms with Crippen molar-refractivity contribution in [3.05, 3.63) is 75.5 Å². The summed E-state index contributed by atoms with van der Waals surface area (Å²) >= 11 is 12.1. The number of halogens is 2. The summed E-state index contributed by atoms with van der Waals surface area (Å²) in [5, 5.41) is 6.74. The first kappa shape index (κ1) is 18.2. The molecule has 2 N–H and O–H groups in total. The van der Waals surface area contributed by atoms with E-state index < -0.39 is 5.91 Å². The average molecular weight is 387 g/mol. The molecule has 0 aliphatic carbocycles. The summed E-state index contributed by atoms with van der Waals surface area (Å²) in [5.74, 6) is -0.0471. The summed E-state index contributed by atoms with van der Waals surface area (Å²) in [6.45, 7) is 3.78. The van der Waals surface area contributed by atoms with Crippen LogP contribution in [0.5, 0.6) is 0 Å². The summed E-state index contributed by atoms with van der Waals surface area (Å²) in [6.07, 6.45) is 0. The van der Waals surface area contributed by atoms with Crippen molar-refractivity contribution in [2.75, 3.05) is 10.6 Å². The number of carbonyl (C=O) groups is 1. The lowest BCUT2D eigenvalue weighted by Gasteiger charge is -2.11. The topological polar surface area (TPSA) is 66.9 Å². The summed E-state index contributed by atoms with van der Waals surface area (Å²) in [5.41, 5.74) is 3.24. The lowest BCUT2D eigenvalue weighted by molar-refractivity contribution is 0.102. The number of hydrogen-bond donors (Lipinski definition) is 2. The highest BCUT2D eigenvalue weighted by molar-refractivity contribution is 6.35. The second-order valence-electron chi connectivity index (χ2n) is 5.74. The van der Waals surface area contributed by atoms with Crippen LogP contribution in [-0.4, -0.2) is 15.9 Å². The van der Waals surface area contributed by atoms with Crippen LogP contribution in [0.3, 0.4) is 0 Å². The molecule has 0 radical (unpaired) electrons. The number of aryl methyl sites for hydroxylation is 2. The summed E-state index contributed by atoms with van der Waals surface area (Å²) in [6, 6.07) is 14.2. The molecule has 1 heterocycles. The Morgan fingerprint density at radius 1 is 0.962 bits per heavy atom. The molecule has 0 spiro atoms. The summed E-state index contributed by atoms with van der Waals surface area (Å²) < 4.78 is 0. The van der Waals surface area contributed by atoms with E-state index in [1.807, 2.05) is 31.2 Å². The Labute approximate surface area is 161 Å². The number of nitrogens with zero attached hydrogens (tertiary/aromatic N) is 2. The van der Waals surface area contributed by atoms with Crippen molar-refractivity contribution in [3.8, 4) is 0 Å². The van der Waals surface area contributed by atoms with Gasteiger partial charge >= 0.3 is 0 Å². The zero-order valence-corrected chi connectivity index (χ0v) is 15.7. The molecule has 0 aliphatic rings. The van der Waals surface area contributed by atoms with Gasteiger partial charge in [0.2, 0.25) is 5.95 Å². The van der Waals surface area contributed by atoms with Crippen molar-refractivity contribution in [2.45, 2.75) is 13.8 Å². The zero-order valence-electron chi connectivity index (χ0n) is 14.2. The second-order valence-corrected chi connectivity index (χ2v) is 6.58. The lowest BCUT2D eigenvalue weighted by Crippen LogP contribution is -2.16. The molecule has 1 amide bonds. The molecule has 1 aromatic heterocycles. The highest BCUT2D eigenvalue weighted by Gasteiger charge is 2.13. The Balaban J connectivity index is 1.86. The van der Waals surface area contributed by atoms with Crippen LogP contribution < -0.4 is 10.6 Å². The Morgan fingerprint density at radius 3 is 2.50 bits per heavy atom. The minimum atomic E-state index is -0.396. The van der Waals surface area contributed by atoms with Crippen LogP contribution in [0.15, 0.2) is 48.5 Å². The predicted molar refractivity (Wildman–Crippen MR) is 106 cm³/mol. The average Bonchev–Trinajstić information content (AvgIpc) is 2.59. The number of hydrogen-bond acceptors (Lipinski definition) is 4. The fourth-order valence-corrected chi connectivity index (χ4v) is 2.69. The largest absolute Gasteiger partial charge is 0.324 e. The molecule has 0 saturated carbocycles. The Kier molecular flexibility index (Phi) is 5.40. The van der Waals surface area contributed by atoms with Crippen LogP contribution in [0.2, 0.25) is 10.0 Å². The quantitative estimate of drug-likeness (QED) is 0.629. The zero-order chi connectivity index (χ0) is 18.7. The van der Waals surface area contributed by atoms with Crippen molar-refractivity contribution in [3.63, 3.8) is 0 Å². The van der Waals surface area contributed by atoms with Crippen molar-refractivity contribution < 1.29 is 4.79 Å². The van der Waals surface area contributed by atoms with Crippen molar-refractivity contribution in [1.82, 2.24) is 9.97 Å². The van der Waals surface area contributed by atoms with Crippen molar-refractivity contribution in [1.29, 1.82) is 0 Å². The Hall–Kier alpha value is -2.63. The molecular formula is C19H16Cl2N4O. The van der Waals surface area contributed by atoms with Gasteiger partial charge in [-0.1, -0.05) is 41.4 Å². The van der Waals surface area contributed by atoms with Crippen LogP contribution in [0, 0.1) is 13.8 Å². The molecular weight excluding hydrogens is 371 g/mol. The summed E-state index contributed by atoms with van der Waals surface area (Å²) in [7, 11) is 0. The first-order valence-corrected chi connectivity index (χ1v) is 8.63. The SMILES string of the molecule is Cc1cc(C(=O)Nc2cc(Cl)ccc2Cl)nc(Nc2ccccc2C)n1. The first-order chi connectivity index (χ1) is 12.4. The molecule has 2 aromatic carbocycles. The minimum Gasteiger partial charge on any atom is -0.324 e. The second kappa shape index (κ2) is 7.72. The van der Waals surface area contributed by atoms with Gasteiger partial charge in [0.05, 0.1) is 10.7 Å². The maximum atomic E-state index is 12.6. The van der Waals surface area contributed by atoms with E-state index in [-0.39, 0.29) is 5.69 Å². The van der Waals surface area contributed by atoms with Crippen LogP contribution in [-0.2, 0) is 0 Å². The molecule has 0 saturated heterocycles. The maximum Gasteiger partial charge on any atom is 0.274 e. The molecule has 0 atom stereocenters. The molecule has 3 rings (SSSR count). The van der Waals surface area contributed by atoms with E-state index in [1.165, 1.54) is 0 Å². The third-order valence-corrected chi connectivity index (χ3v) is 4.22. The van der Waals surface area contributed by atoms with Crippen LogP contribution in [0.4, 0.5) is 17.3 Å². The van der Waals surface area contributed by atoms with Crippen LogP contribution in [0.25, 0.3) is 0 Å². The van der Waals surface area contributed by atoms with Gasteiger partial charge in [0.15, 0.2) is 0 Å². The van der Waals surface area contributed by atoms with Gasteiger partial charge in [-0.2, -0.15) is 0 Å². The van der Waals surface area contributed by atoms with Gasteiger partial charge in [-0.25, -0.2) is 9.97 Å². The molecule has 26 heavy (non-hydrogen) atoms. The monoisotopic (exact) mass is 386 g/mol. The standard InChI is InChI=1S/C19H16Cl2N4O/c1-11-5-3-4-6-15(11)24-19-22-12(2)9-17(25-19)18(26)23-16-10-13(20)7-8-14(16)21/h3-10H,1-2H3,(H,23,26)(H,22,24,25). The highest BCUT2D eigenvalue weighted by Crippen LogP contribution is 2.26. The number of rotatable bonds is 4. The van der Waals surface area contributed by atoms with Crippen molar-refractivity contribution >= 4 is 46.4 Å². The number of benzene rings is 2. The van der Waals surface area contributed by atoms with E-state index in [2.05, 4.69) is 20.6 Å². The minimum absolute atomic E-state index is 0.227. The van der Waals surface area contributed by atoms with E-state index in [0.29, 0.717) is 27.4 Å². The van der Waals surface area contributed by atoms with Gasteiger partial charge in [0.25, 0.3) is 5.91 Å².